The number of hydrogen-bond donors (Lipinski definition) is 2. The van der Waals surface area contributed by atoms with Crippen molar-refractivity contribution >= 4 is 18.4 Å². The summed E-state index contributed by atoms with van der Waals surface area (Å²) < 4.78 is 1.67. The van der Waals surface area contributed by atoms with Gasteiger partial charge in [0, 0.05) is 32.3 Å². The zero-order valence-electron chi connectivity index (χ0n) is 7.78. The fraction of sp³-hybridized carbons (Fsp3) is 0.500. The predicted molar refractivity (Wildman–Crippen MR) is 52.8 cm³/mol. The Balaban J connectivity index is 0.000000980. The lowest BCUT2D eigenvalue weighted by Gasteiger charge is -2.12. The molecule has 1 aliphatic rings. The molecule has 2 N–H and O–H groups in total. The van der Waals surface area contributed by atoms with Crippen molar-refractivity contribution in [1.82, 2.24) is 14.9 Å². The standard InChI is InChI=1S/C8H11N3O2.ClH/c1-11-6-2-3-9-4-5(6)10-7(11)8(12)13;/h9H,2-4H2,1H3,(H,12,13);1H. The van der Waals surface area contributed by atoms with Gasteiger partial charge in [-0.05, 0) is 0 Å². The largest absolute Gasteiger partial charge is 0.475 e. The molecule has 2 heterocycles. The molecule has 1 aliphatic heterocycles. The molecule has 1 aromatic heterocycles. The molecule has 1 aromatic rings. The lowest BCUT2D eigenvalue weighted by Crippen LogP contribution is -2.24. The van der Waals surface area contributed by atoms with Crippen molar-refractivity contribution < 1.29 is 9.90 Å². The monoisotopic (exact) mass is 217 g/mol. The highest BCUT2D eigenvalue weighted by Gasteiger charge is 2.20. The molecule has 0 radical (unpaired) electrons. The molecule has 0 atom stereocenters. The van der Waals surface area contributed by atoms with E-state index in [1.807, 2.05) is 0 Å². The van der Waals surface area contributed by atoms with E-state index in [0.717, 1.165) is 24.4 Å². The minimum Gasteiger partial charge on any atom is -0.475 e. The van der Waals surface area contributed by atoms with Crippen LogP contribution in [-0.4, -0.2) is 27.2 Å². The average molecular weight is 218 g/mol. The van der Waals surface area contributed by atoms with Crippen LogP contribution >= 0.6 is 12.4 Å². The number of carbonyl (C=O) groups is 1. The molecule has 0 saturated carbocycles. The van der Waals surface area contributed by atoms with Crippen LogP contribution in [0, 0.1) is 0 Å². The quantitative estimate of drug-likeness (QED) is 0.705. The number of nitrogens with one attached hydrogen (secondary N) is 1. The zero-order chi connectivity index (χ0) is 9.42. The number of rotatable bonds is 1. The summed E-state index contributed by atoms with van der Waals surface area (Å²) in [4.78, 5) is 14.8. The number of fused-ring (bicyclic) bond motifs is 1. The van der Waals surface area contributed by atoms with Crippen molar-refractivity contribution in [2.75, 3.05) is 6.54 Å². The summed E-state index contributed by atoms with van der Waals surface area (Å²) in [5, 5.41) is 12.0. The maximum absolute atomic E-state index is 10.7. The van der Waals surface area contributed by atoms with E-state index in [-0.39, 0.29) is 18.2 Å². The summed E-state index contributed by atoms with van der Waals surface area (Å²) >= 11 is 0. The van der Waals surface area contributed by atoms with E-state index in [1.165, 1.54) is 0 Å². The van der Waals surface area contributed by atoms with Gasteiger partial charge in [-0.2, -0.15) is 0 Å². The number of halogens is 1. The van der Waals surface area contributed by atoms with Crippen LogP contribution in [0.4, 0.5) is 0 Å². The number of aromatic carboxylic acids is 1. The van der Waals surface area contributed by atoms with Gasteiger partial charge in [0.1, 0.15) is 0 Å². The summed E-state index contributed by atoms with van der Waals surface area (Å²) in [6.07, 6.45) is 0.853. The summed E-state index contributed by atoms with van der Waals surface area (Å²) in [6.45, 7) is 1.57. The van der Waals surface area contributed by atoms with E-state index < -0.39 is 5.97 Å². The van der Waals surface area contributed by atoms with Gasteiger partial charge in [0.25, 0.3) is 0 Å². The number of nitrogens with zero attached hydrogens (tertiary/aromatic N) is 2. The van der Waals surface area contributed by atoms with Crippen molar-refractivity contribution in [3.63, 3.8) is 0 Å². The molecule has 6 heteroatoms. The Hall–Kier alpha value is -1.07. The van der Waals surface area contributed by atoms with Crippen LogP contribution in [0.2, 0.25) is 0 Å². The molecular weight excluding hydrogens is 206 g/mol. The summed E-state index contributed by atoms with van der Waals surface area (Å²) in [6, 6.07) is 0. The third kappa shape index (κ3) is 1.60. The highest BCUT2D eigenvalue weighted by molar-refractivity contribution is 5.85. The van der Waals surface area contributed by atoms with E-state index in [2.05, 4.69) is 10.3 Å². The van der Waals surface area contributed by atoms with Gasteiger partial charge in [-0.15, -0.1) is 12.4 Å². The second-order valence-corrected chi connectivity index (χ2v) is 3.12. The molecule has 0 amide bonds. The average Bonchev–Trinajstić information content (AvgIpc) is 2.45. The van der Waals surface area contributed by atoms with E-state index >= 15 is 0 Å². The first kappa shape index (κ1) is 11.0. The molecule has 0 bridgehead atoms. The van der Waals surface area contributed by atoms with Gasteiger partial charge in [-0.1, -0.05) is 0 Å². The Morgan fingerprint density at radius 3 is 2.93 bits per heavy atom. The van der Waals surface area contributed by atoms with Crippen LogP contribution in [0.25, 0.3) is 0 Å². The van der Waals surface area contributed by atoms with Gasteiger partial charge in [0.15, 0.2) is 0 Å². The third-order valence-electron chi connectivity index (χ3n) is 2.32. The summed E-state index contributed by atoms with van der Waals surface area (Å²) in [5.74, 6) is -0.828. The Morgan fingerprint density at radius 2 is 2.36 bits per heavy atom. The normalized spacial score (nSPS) is 14.4. The van der Waals surface area contributed by atoms with Crippen molar-refractivity contribution in [3.8, 4) is 0 Å². The van der Waals surface area contributed by atoms with Gasteiger partial charge in [0.05, 0.1) is 5.69 Å². The molecule has 5 nitrogen and oxygen atoms in total. The number of aromatic nitrogens is 2. The Labute approximate surface area is 87.5 Å². The van der Waals surface area contributed by atoms with Crippen LogP contribution in [0.15, 0.2) is 0 Å². The van der Waals surface area contributed by atoms with Crippen LogP contribution < -0.4 is 5.32 Å². The molecular formula is C8H12ClN3O2. The zero-order valence-corrected chi connectivity index (χ0v) is 8.60. The predicted octanol–water partition coefficient (Wildman–Crippen LogP) is 0.186. The van der Waals surface area contributed by atoms with Crippen molar-refractivity contribution in [1.29, 1.82) is 0 Å². The van der Waals surface area contributed by atoms with E-state index in [0.29, 0.717) is 6.54 Å². The fourth-order valence-electron chi connectivity index (χ4n) is 1.65. The molecule has 2 rings (SSSR count). The molecule has 0 aromatic carbocycles. The molecule has 0 fully saturated rings. The van der Waals surface area contributed by atoms with Crippen LogP contribution in [0.5, 0.6) is 0 Å². The van der Waals surface area contributed by atoms with Gasteiger partial charge < -0.3 is 15.0 Å². The van der Waals surface area contributed by atoms with Crippen LogP contribution in [0.3, 0.4) is 0 Å². The van der Waals surface area contributed by atoms with Gasteiger partial charge in [-0.25, -0.2) is 9.78 Å². The lowest BCUT2D eigenvalue weighted by molar-refractivity contribution is 0.0679. The Morgan fingerprint density at radius 1 is 1.64 bits per heavy atom. The number of carboxylic acids is 1. The molecule has 0 spiro atoms. The maximum atomic E-state index is 10.7. The van der Waals surface area contributed by atoms with Crippen molar-refractivity contribution in [2.24, 2.45) is 7.05 Å². The molecule has 78 valence electrons. The van der Waals surface area contributed by atoms with E-state index in [4.69, 9.17) is 5.11 Å². The van der Waals surface area contributed by atoms with Gasteiger partial charge in [0.2, 0.25) is 5.82 Å². The highest BCUT2D eigenvalue weighted by Crippen LogP contribution is 2.14. The van der Waals surface area contributed by atoms with E-state index in [1.54, 1.807) is 11.6 Å². The second-order valence-electron chi connectivity index (χ2n) is 3.12. The molecule has 14 heavy (non-hydrogen) atoms. The number of hydrogen-bond acceptors (Lipinski definition) is 3. The summed E-state index contributed by atoms with van der Waals surface area (Å²) in [7, 11) is 1.75. The first-order valence-electron chi connectivity index (χ1n) is 4.18. The fourth-order valence-corrected chi connectivity index (χ4v) is 1.65. The first-order valence-corrected chi connectivity index (χ1v) is 4.18. The smallest absolute Gasteiger partial charge is 0.372 e. The number of imidazole rings is 1. The van der Waals surface area contributed by atoms with Crippen molar-refractivity contribution in [3.05, 3.63) is 17.2 Å². The molecule has 0 unspecified atom stereocenters. The van der Waals surface area contributed by atoms with Gasteiger partial charge >= 0.3 is 5.97 Å². The maximum Gasteiger partial charge on any atom is 0.372 e. The van der Waals surface area contributed by atoms with Crippen molar-refractivity contribution in [2.45, 2.75) is 13.0 Å². The highest BCUT2D eigenvalue weighted by atomic mass is 35.5. The molecule has 0 aliphatic carbocycles. The topological polar surface area (TPSA) is 67.2 Å². The minimum atomic E-state index is -0.961. The minimum absolute atomic E-state index is 0. The first-order chi connectivity index (χ1) is 6.20. The van der Waals surface area contributed by atoms with E-state index in [9.17, 15) is 4.79 Å². The summed E-state index contributed by atoms with van der Waals surface area (Å²) in [5.41, 5.74) is 1.90. The Kier molecular flexibility index (Phi) is 3.13. The van der Waals surface area contributed by atoms with Gasteiger partial charge in [-0.3, -0.25) is 0 Å². The lowest BCUT2D eigenvalue weighted by atomic mass is 10.2. The third-order valence-corrected chi connectivity index (χ3v) is 2.32. The second kappa shape index (κ2) is 3.98. The Bertz CT molecular complexity index is 362. The van der Waals surface area contributed by atoms with Crippen LogP contribution in [0.1, 0.15) is 22.0 Å². The molecule has 0 saturated heterocycles. The van der Waals surface area contributed by atoms with Crippen LogP contribution in [-0.2, 0) is 20.0 Å². The SMILES string of the molecule is Cl.Cn1c(C(=O)O)nc2c1CCNC2. The number of carboxylic acid groups (broad SMARTS) is 1.